The molecule has 0 aliphatic carbocycles. The van der Waals surface area contributed by atoms with Crippen LogP contribution in [0.2, 0.25) is 0 Å². The molecule has 1 aromatic rings. The Hall–Kier alpha value is -2.49. The minimum absolute atomic E-state index is 0.00700. The number of benzene rings is 1. The second-order valence-corrected chi connectivity index (χ2v) is 6.89. The molecule has 1 aliphatic rings. The van der Waals surface area contributed by atoms with E-state index in [0.717, 1.165) is 0 Å². The standard InChI is InChI=1S/C19H27N3O6/c1-9-15(18(26)20-5-13(25)7-23)10(2)17(22-12(4)24)11(3)16(9)19(27)21-6-14-8-28-14/h13-14,23,25H,5-8H2,1-4H3,(H,20,26)(H,21,27)(H,22,24). The molecule has 0 bridgehead atoms. The van der Waals surface area contributed by atoms with Crippen LogP contribution in [0.4, 0.5) is 5.69 Å². The van der Waals surface area contributed by atoms with Crippen molar-refractivity contribution in [2.75, 3.05) is 31.6 Å². The van der Waals surface area contributed by atoms with Gasteiger partial charge in [-0.25, -0.2) is 0 Å². The zero-order chi connectivity index (χ0) is 21.0. The van der Waals surface area contributed by atoms with Gasteiger partial charge in [-0.3, -0.25) is 14.4 Å². The summed E-state index contributed by atoms with van der Waals surface area (Å²) in [6, 6.07) is 0. The quantitative estimate of drug-likeness (QED) is 0.387. The van der Waals surface area contributed by atoms with Crippen LogP contribution in [0.1, 0.15) is 44.3 Å². The van der Waals surface area contributed by atoms with E-state index in [-0.39, 0.29) is 30.0 Å². The molecule has 1 aliphatic heterocycles. The Labute approximate surface area is 163 Å². The van der Waals surface area contributed by atoms with Crippen LogP contribution in [0.3, 0.4) is 0 Å². The van der Waals surface area contributed by atoms with Gasteiger partial charge in [0.2, 0.25) is 5.91 Å². The summed E-state index contributed by atoms with van der Waals surface area (Å²) in [4.78, 5) is 37.2. The molecule has 154 valence electrons. The summed E-state index contributed by atoms with van der Waals surface area (Å²) in [6.45, 7) is 6.75. The third kappa shape index (κ3) is 5.06. The summed E-state index contributed by atoms with van der Waals surface area (Å²) in [6.07, 6.45) is -1.08. The third-order valence-corrected chi connectivity index (χ3v) is 4.61. The fourth-order valence-electron chi connectivity index (χ4n) is 3.11. The van der Waals surface area contributed by atoms with Gasteiger partial charge in [-0.15, -0.1) is 0 Å². The normalized spacial score (nSPS) is 16.3. The van der Waals surface area contributed by atoms with Crippen molar-refractivity contribution in [3.05, 3.63) is 27.8 Å². The fourth-order valence-corrected chi connectivity index (χ4v) is 3.11. The Morgan fingerprint density at radius 3 is 2.07 bits per heavy atom. The van der Waals surface area contributed by atoms with Crippen molar-refractivity contribution in [1.29, 1.82) is 0 Å². The Balaban J connectivity index is 2.46. The zero-order valence-corrected chi connectivity index (χ0v) is 16.5. The van der Waals surface area contributed by atoms with Gasteiger partial charge < -0.3 is 30.9 Å². The molecule has 1 saturated heterocycles. The lowest BCUT2D eigenvalue weighted by Gasteiger charge is -2.22. The second-order valence-electron chi connectivity index (χ2n) is 6.89. The third-order valence-electron chi connectivity index (χ3n) is 4.61. The molecule has 5 N–H and O–H groups in total. The van der Waals surface area contributed by atoms with Crippen molar-refractivity contribution in [2.45, 2.75) is 39.9 Å². The van der Waals surface area contributed by atoms with Crippen LogP contribution in [-0.4, -0.2) is 66.4 Å². The molecular formula is C19H27N3O6. The van der Waals surface area contributed by atoms with Crippen molar-refractivity contribution < 1.29 is 29.3 Å². The number of anilines is 1. The fraction of sp³-hybridized carbons (Fsp3) is 0.526. The monoisotopic (exact) mass is 393 g/mol. The lowest BCUT2D eigenvalue weighted by Crippen LogP contribution is -2.35. The molecule has 2 atom stereocenters. The van der Waals surface area contributed by atoms with E-state index in [2.05, 4.69) is 16.0 Å². The van der Waals surface area contributed by atoms with Crippen LogP contribution in [0.15, 0.2) is 0 Å². The first kappa shape index (κ1) is 21.8. The summed E-state index contributed by atoms with van der Waals surface area (Å²) >= 11 is 0. The number of carbonyl (C=O) groups excluding carboxylic acids is 3. The Morgan fingerprint density at radius 2 is 1.61 bits per heavy atom. The minimum Gasteiger partial charge on any atom is -0.394 e. The van der Waals surface area contributed by atoms with Crippen LogP contribution in [0, 0.1) is 20.8 Å². The van der Waals surface area contributed by atoms with Crippen molar-refractivity contribution in [2.24, 2.45) is 0 Å². The topological polar surface area (TPSA) is 140 Å². The van der Waals surface area contributed by atoms with Crippen molar-refractivity contribution >= 4 is 23.4 Å². The summed E-state index contributed by atoms with van der Waals surface area (Å²) in [7, 11) is 0. The maximum Gasteiger partial charge on any atom is 0.252 e. The number of rotatable bonds is 8. The average molecular weight is 393 g/mol. The number of carbonyl (C=O) groups is 3. The molecule has 28 heavy (non-hydrogen) atoms. The van der Waals surface area contributed by atoms with Crippen LogP contribution >= 0.6 is 0 Å². The Bertz CT molecular complexity index is 789. The van der Waals surface area contributed by atoms with Crippen molar-refractivity contribution in [1.82, 2.24) is 10.6 Å². The number of nitrogens with one attached hydrogen (secondary N) is 3. The van der Waals surface area contributed by atoms with Gasteiger partial charge >= 0.3 is 0 Å². The summed E-state index contributed by atoms with van der Waals surface area (Å²) < 4.78 is 5.10. The number of amides is 3. The van der Waals surface area contributed by atoms with Gasteiger partial charge in [0.05, 0.1) is 25.4 Å². The van der Waals surface area contributed by atoms with Crippen molar-refractivity contribution in [3.63, 3.8) is 0 Å². The van der Waals surface area contributed by atoms with Gasteiger partial charge in [0.25, 0.3) is 11.8 Å². The van der Waals surface area contributed by atoms with Crippen LogP contribution in [0.5, 0.6) is 0 Å². The number of aliphatic hydroxyl groups excluding tert-OH is 2. The highest BCUT2D eigenvalue weighted by Gasteiger charge is 2.28. The molecule has 0 spiro atoms. The van der Waals surface area contributed by atoms with Gasteiger partial charge in [-0.05, 0) is 37.5 Å². The highest BCUT2D eigenvalue weighted by Crippen LogP contribution is 2.31. The molecule has 2 unspecified atom stereocenters. The largest absolute Gasteiger partial charge is 0.394 e. The minimum atomic E-state index is -1.09. The smallest absolute Gasteiger partial charge is 0.252 e. The molecule has 0 radical (unpaired) electrons. The molecule has 0 aromatic heterocycles. The number of epoxide rings is 1. The Morgan fingerprint density at radius 1 is 1.07 bits per heavy atom. The maximum absolute atomic E-state index is 12.8. The molecule has 9 heteroatoms. The summed E-state index contributed by atoms with van der Waals surface area (Å²) in [5, 5.41) is 26.4. The van der Waals surface area contributed by atoms with Crippen molar-refractivity contribution in [3.8, 4) is 0 Å². The lowest BCUT2D eigenvalue weighted by molar-refractivity contribution is -0.114. The highest BCUT2D eigenvalue weighted by atomic mass is 16.6. The molecular weight excluding hydrogens is 366 g/mol. The molecule has 0 saturated carbocycles. The average Bonchev–Trinajstić information content (AvgIpc) is 3.45. The Kier molecular flexibility index (Phi) is 7.11. The van der Waals surface area contributed by atoms with Gasteiger partial charge in [-0.1, -0.05) is 0 Å². The van der Waals surface area contributed by atoms with E-state index in [0.29, 0.717) is 41.1 Å². The highest BCUT2D eigenvalue weighted by molar-refractivity contribution is 6.07. The van der Waals surface area contributed by atoms with Gasteiger partial charge in [0.1, 0.15) is 0 Å². The number of aliphatic hydroxyl groups is 2. The molecule has 1 fully saturated rings. The van der Waals surface area contributed by atoms with E-state index >= 15 is 0 Å². The van der Waals surface area contributed by atoms with E-state index in [1.165, 1.54) is 6.92 Å². The molecule has 1 heterocycles. The molecule has 1 aromatic carbocycles. The summed E-state index contributed by atoms with van der Waals surface area (Å²) in [5.41, 5.74) is 2.50. The predicted octanol–water partition coefficient (Wildman–Crippen LogP) is -0.218. The zero-order valence-electron chi connectivity index (χ0n) is 16.5. The first-order chi connectivity index (χ1) is 13.2. The van der Waals surface area contributed by atoms with Crippen LogP contribution in [0.25, 0.3) is 0 Å². The van der Waals surface area contributed by atoms with E-state index in [9.17, 15) is 19.5 Å². The predicted molar refractivity (Wildman–Crippen MR) is 102 cm³/mol. The molecule has 9 nitrogen and oxygen atoms in total. The van der Waals surface area contributed by atoms with E-state index < -0.39 is 18.6 Å². The van der Waals surface area contributed by atoms with Gasteiger partial charge in [0, 0.05) is 36.8 Å². The number of ether oxygens (including phenoxy) is 1. The molecule has 2 rings (SSSR count). The van der Waals surface area contributed by atoms with E-state index in [1.54, 1.807) is 20.8 Å². The van der Waals surface area contributed by atoms with E-state index in [4.69, 9.17) is 9.84 Å². The first-order valence-corrected chi connectivity index (χ1v) is 9.05. The second kappa shape index (κ2) is 9.13. The number of hydrogen-bond donors (Lipinski definition) is 5. The van der Waals surface area contributed by atoms with Gasteiger partial charge in [0.15, 0.2) is 0 Å². The molecule has 3 amide bonds. The maximum atomic E-state index is 12.8. The van der Waals surface area contributed by atoms with Gasteiger partial charge in [-0.2, -0.15) is 0 Å². The number of hydrogen-bond acceptors (Lipinski definition) is 6. The van der Waals surface area contributed by atoms with Crippen LogP contribution < -0.4 is 16.0 Å². The SMILES string of the molecule is CC(=O)Nc1c(C)c(C(=O)NCC(O)CO)c(C)c(C(=O)NCC2CO2)c1C. The lowest BCUT2D eigenvalue weighted by atomic mass is 9.90. The van der Waals surface area contributed by atoms with E-state index in [1.807, 2.05) is 0 Å². The van der Waals surface area contributed by atoms with Crippen LogP contribution in [-0.2, 0) is 9.53 Å². The summed E-state index contributed by atoms with van der Waals surface area (Å²) in [5.74, 6) is -1.19. The first-order valence-electron chi connectivity index (χ1n) is 9.05.